The van der Waals surface area contributed by atoms with Crippen molar-refractivity contribution in [3.05, 3.63) is 50.8 Å². The number of aromatic nitrogens is 2. The molecule has 0 saturated heterocycles. The van der Waals surface area contributed by atoms with Crippen molar-refractivity contribution in [1.82, 2.24) is 9.55 Å². The first-order valence-corrected chi connectivity index (χ1v) is 7.68. The molecule has 0 bridgehead atoms. The van der Waals surface area contributed by atoms with Crippen molar-refractivity contribution in [1.29, 1.82) is 0 Å². The maximum Gasteiger partial charge on any atom is 0.262 e. The van der Waals surface area contributed by atoms with Gasteiger partial charge in [0.15, 0.2) is 0 Å². The average Bonchev–Trinajstić information content (AvgIpc) is 2.88. The normalized spacial score (nSPS) is 11.2. The highest BCUT2D eigenvalue weighted by Crippen LogP contribution is 2.31. The first-order valence-electron chi connectivity index (χ1n) is 6.42. The van der Waals surface area contributed by atoms with Crippen molar-refractivity contribution in [2.75, 3.05) is 6.67 Å². The first kappa shape index (κ1) is 14.2. The summed E-state index contributed by atoms with van der Waals surface area (Å²) in [6.45, 7) is 1.16. The van der Waals surface area contributed by atoms with Gasteiger partial charge in [0.2, 0.25) is 0 Å². The van der Waals surface area contributed by atoms with Crippen LogP contribution in [-0.2, 0) is 6.54 Å². The Morgan fingerprint density at radius 2 is 2.05 bits per heavy atom. The van der Waals surface area contributed by atoms with Gasteiger partial charge in [-0.3, -0.25) is 9.36 Å². The van der Waals surface area contributed by atoms with Gasteiger partial charge in [0, 0.05) is 16.0 Å². The minimum Gasteiger partial charge on any atom is -0.294 e. The fourth-order valence-electron chi connectivity index (χ4n) is 2.32. The number of halogens is 2. The van der Waals surface area contributed by atoms with Crippen LogP contribution in [0.4, 0.5) is 4.39 Å². The molecule has 0 spiro atoms. The first-order chi connectivity index (χ1) is 10.1. The van der Waals surface area contributed by atoms with Crippen molar-refractivity contribution in [3.8, 4) is 11.1 Å². The molecule has 0 aliphatic rings. The molecule has 0 atom stereocenters. The zero-order chi connectivity index (χ0) is 15.0. The Kier molecular flexibility index (Phi) is 3.78. The third kappa shape index (κ3) is 2.47. The monoisotopic (exact) mass is 322 g/mol. The SMILES string of the molecule is Cc1nc2scc(-c3ccc(Cl)cc3)c2c(=O)n1CCF. The van der Waals surface area contributed by atoms with Crippen LogP contribution in [0.3, 0.4) is 0 Å². The molecule has 0 fully saturated rings. The Morgan fingerprint density at radius 3 is 2.71 bits per heavy atom. The van der Waals surface area contributed by atoms with Gasteiger partial charge >= 0.3 is 0 Å². The minimum absolute atomic E-state index is 0.0313. The van der Waals surface area contributed by atoms with Crippen molar-refractivity contribution < 1.29 is 4.39 Å². The summed E-state index contributed by atoms with van der Waals surface area (Å²) in [7, 11) is 0. The topological polar surface area (TPSA) is 34.9 Å². The largest absolute Gasteiger partial charge is 0.294 e. The molecule has 0 unspecified atom stereocenters. The van der Waals surface area contributed by atoms with Crippen LogP contribution in [0.2, 0.25) is 5.02 Å². The fourth-order valence-corrected chi connectivity index (χ4v) is 3.42. The molecule has 0 aliphatic heterocycles. The average molecular weight is 323 g/mol. The minimum atomic E-state index is -0.589. The molecule has 3 rings (SSSR count). The number of hydrogen-bond donors (Lipinski definition) is 0. The summed E-state index contributed by atoms with van der Waals surface area (Å²) in [6, 6.07) is 7.29. The fraction of sp³-hybridized carbons (Fsp3) is 0.200. The second kappa shape index (κ2) is 5.58. The van der Waals surface area contributed by atoms with Gasteiger partial charge < -0.3 is 0 Å². The molecule has 0 amide bonds. The highest BCUT2D eigenvalue weighted by atomic mass is 35.5. The molecule has 0 saturated carbocycles. The number of nitrogens with zero attached hydrogens (tertiary/aromatic N) is 2. The van der Waals surface area contributed by atoms with Crippen molar-refractivity contribution in [3.63, 3.8) is 0 Å². The number of alkyl halides is 1. The van der Waals surface area contributed by atoms with Crippen molar-refractivity contribution in [2.45, 2.75) is 13.5 Å². The molecule has 0 radical (unpaired) electrons. The van der Waals surface area contributed by atoms with E-state index in [0.29, 0.717) is 21.1 Å². The zero-order valence-corrected chi connectivity index (χ0v) is 12.8. The number of fused-ring (bicyclic) bond motifs is 1. The van der Waals surface area contributed by atoms with E-state index in [1.165, 1.54) is 15.9 Å². The van der Waals surface area contributed by atoms with Crippen LogP contribution in [-0.4, -0.2) is 16.2 Å². The highest BCUT2D eigenvalue weighted by molar-refractivity contribution is 7.17. The molecule has 2 aromatic heterocycles. The number of rotatable bonds is 3. The standard InChI is InChI=1S/C15H12ClFN2OS/c1-9-18-14-13(15(20)19(9)7-6-17)12(8-21-14)10-2-4-11(16)5-3-10/h2-5,8H,6-7H2,1H3. The van der Waals surface area contributed by atoms with Gasteiger partial charge in [-0.25, -0.2) is 9.37 Å². The number of benzene rings is 1. The van der Waals surface area contributed by atoms with Crippen LogP contribution in [0, 0.1) is 6.92 Å². The van der Waals surface area contributed by atoms with Gasteiger partial charge in [-0.2, -0.15) is 0 Å². The van der Waals surface area contributed by atoms with E-state index in [9.17, 15) is 9.18 Å². The molecule has 1 aromatic carbocycles. The summed E-state index contributed by atoms with van der Waals surface area (Å²) in [5.74, 6) is 0.537. The molecular formula is C15H12ClFN2OS. The Bertz CT molecular complexity index is 854. The van der Waals surface area contributed by atoms with E-state index >= 15 is 0 Å². The Labute approximate surface area is 129 Å². The summed E-state index contributed by atoms with van der Waals surface area (Å²) in [5.41, 5.74) is 1.53. The van der Waals surface area contributed by atoms with E-state index in [2.05, 4.69) is 4.98 Å². The molecule has 0 aliphatic carbocycles. The van der Waals surface area contributed by atoms with Gasteiger partial charge in [0.25, 0.3) is 5.56 Å². The lowest BCUT2D eigenvalue weighted by Crippen LogP contribution is -2.24. The highest BCUT2D eigenvalue weighted by Gasteiger charge is 2.15. The van der Waals surface area contributed by atoms with Gasteiger partial charge in [-0.1, -0.05) is 23.7 Å². The predicted molar refractivity (Wildman–Crippen MR) is 85.0 cm³/mol. The lowest BCUT2D eigenvalue weighted by molar-refractivity contribution is 0.435. The van der Waals surface area contributed by atoms with Crippen LogP contribution in [0.1, 0.15) is 5.82 Å². The van der Waals surface area contributed by atoms with Crippen LogP contribution in [0.25, 0.3) is 21.3 Å². The molecule has 2 heterocycles. The van der Waals surface area contributed by atoms with Crippen molar-refractivity contribution >= 4 is 33.2 Å². The number of hydrogen-bond acceptors (Lipinski definition) is 3. The van der Waals surface area contributed by atoms with Gasteiger partial charge in [-0.05, 0) is 24.6 Å². The third-order valence-electron chi connectivity index (χ3n) is 3.35. The van der Waals surface area contributed by atoms with E-state index in [4.69, 9.17) is 11.6 Å². The molecule has 6 heteroatoms. The van der Waals surface area contributed by atoms with Gasteiger partial charge in [-0.15, -0.1) is 11.3 Å². The Hall–Kier alpha value is -1.72. The second-order valence-electron chi connectivity index (χ2n) is 4.64. The summed E-state index contributed by atoms with van der Waals surface area (Å²) >= 11 is 7.31. The zero-order valence-electron chi connectivity index (χ0n) is 11.3. The van der Waals surface area contributed by atoms with Crippen LogP contribution in [0.5, 0.6) is 0 Å². The lowest BCUT2D eigenvalue weighted by Gasteiger charge is -2.07. The van der Waals surface area contributed by atoms with Crippen LogP contribution in [0.15, 0.2) is 34.4 Å². The maximum absolute atomic E-state index is 12.6. The number of aryl methyl sites for hydroxylation is 1. The quantitative estimate of drug-likeness (QED) is 0.729. The van der Waals surface area contributed by atoms with E-state index < -0.39 is 6.67 Å². The maximum atomic E-state index is 12.6. The van der Waals surface area contributed by atoms with E-state index in [1.54, 1.807) is 19.1 Å². The van der Waals surface area contributed by atoms with Crippen LogP contribution >= 0.6 is 22.9 Å². The third-order valence-corrected chi connectivity index (χ3v) is 4.47. The molecule has 108 valence electrons. The van der Waals surface area contributed by atoms with Crippen LogP contribution < -0.4 is 5.56 Å². The summed E-state index contributed by atoms with van der Waals surface area (Å²) in [6.07, 6.45) is 0. The van der Waals surface area contributed by atoms with E-state index in [0.717, 1.165) is 11.1 Å². The molecule has 0 N–H and O–H groups in total. The smallest absolute Gasteiger partial charge is 0.262 e. The molecule has 3 nitrogen and oxygen atoms in total. The van der Waals surface area contributed by atoms with Crippen molar-refractivity contribution in [2.24, 2.45) is 0 Å². The predicted octanol–water partition coefficient (Wildman–Crippen LogP) is 4.06. The summed E-state index contributed by atoms with van der Waals surface area (Å²) in [4.78, 5) is 17.7. The Balaban J connectivity index is 2.28. The van der Waals surface area contributed by atoms with Gasteiger partial charge in [0.05, 0.1) is 11.9 Å². The summed E-state index contributed by atoms with van der Waals surface area (Å²) in [5, 5.41) is 3.09. The van der Waals surface area contributed by atoms with E-state index in [-0.39, 0.29) is 12.1 Å². The Morgan fingerprint density at radius 1 is 1.33 bits per heavy atom. The molecule has 21 heavy (non-hydrogen) atoms. The molecular weight excluding hydrogens is 311 g/mol. The lowest BCUT2D eigenvalue weighted by atomic mass is 10.1. The second-order valence-corrected chi connectivity index (χ2v) is 5.94. The number of thiophene rings is 1. The summed E-state index contributed by atoms with van der Waals surface area (Å²) < 4.78 is 14.0. The molecule has 3 aromatic rings. The van der Waals surface area contributed by atoms with Gasteiger partial charge in [0.1, 0.15) is 17.3 Å². The van der Waals surface area contributed by atoms with E-state index in [1.807, 2.05) is 17.5 Å².